The zero-order valence-corrected chi connectivity index (χ0v) is 7.66. The minimum atomic E-state index is 0.879. The predicted octanol–water partition coefficient (Wildman–Crippen LogP) is 2.51. The molecule has 13 heavy (non-hydrogen) atoms. The summed E-state index contributed by atoms with van der Waals surface area (Å²) in [7, 11) is 0. The highest BCUT2D eigenvalue weighted by Gasteiger charge is 1.89. The second-order valence-electron chi connectivity index (χ2n) is 2.48. The van der Waals surface area contributed by atoms with Crippen LogP contribution in [0.25, 0.3) is 12.2 Å². The van der Waals surface area contributed by atoms with Crippen LogP contribution in [0.1, 0.15) is 10.6 Å². The van der Waals surface area contributed by atoms with Crippen molar-refractivity contribution in [3.8, 4) is 0 Å². The molecule has 1 heterocycles. The van der Waals surface area contributed by atoms with E-state index in [-0.39, 0.29) is 0 Å². The van der Waals surface area contributed by atoms with E-state index in [1.807, 2.05) is 42.5 Å². The van der Waals surface area contributed by atoms with Gasteiger partial charge in [0.05, 0.1) is 0 Å². The molecule has 0 bridgehead atoms. The van der Waals surface area contributed by atoms with E-state index in [2.05, 4.69) is 15.7 Å². The molecule has 0 aliphatic heterocycles. The predicted molar refractivity (Wildman–Crippen MR) is 54.1 cm³/mol. The van der Waals surface area contributed by atoms with Gasteiger partial charge in [-0.15, -0.1) is 10.2 Å². The van der Waals surface area contributed by atoms with Crippen molar-refractivity contribution in [3.05, 3.63) is 46.4 Å². The van der Waals surface area contributed by atoms with Crippen LogP contribution in [0.2, 0.25) is 0 Å². The maximum absolute atomic E-state index is 3.86. The largest absolute Gasteiger partial charge is 0.178 e. The molecule has 2 rings (SSSR count). The van der Waals surface area contributed by atoms with Gasteiger partial charge in [-0.2, -0.15) is 0 Å². The Morgan fingerprint density at radius 1 is 1.15 bits per heavy atom. The number of hydrogen-bond donors (Lipinski definition) is 0. The molecule has 0 fully saturated rings. The highest BCUT2D eigenvalue weighted by atomic mass is 32.1. The second kappa shape index (κ2) is 3.96. The lowest BCUT2D eigenvalue weighted by Crippen LogP contribution is -1.70. The molecule has 63 valence electrons. The van der Waals surface area contributed by atoms with Crippen molar-refractivity contribution in [3.63, 3.8) is 0 Å². The summed E-state index contributed by atoms with van der Waals surface area (Å²) in [5, 5.41) is 8.36. The third kappa shape index (κ3) is 2.23. The number of aromatic nitrogens is 2. The van der Waals surface area contributed by atoms with Crippen LogP contribution in [0, 0.1) is 5.51 Å². The topological polar surface area (TPSA) is 25.8 Å². The van der Waals surface area contributed by atoms with Gasteiger partial charge in [0.1, 0.15) is 5.01 Å². The van der Waals surface area contributed by atoms with Crippen molar-refractivity contribution >= 4 is 23.5 Å². The first-order valence-electron chi connectivity index (χ1n) is 3.88. The van der Waals surface area contributed by atoms with Gasteiger partial charge in [-0.05, 0) is 11.6 Å². The van der Waals surface area contributed by atoms with Crippen LogP contribution < -0.4 is 0 Å². The van der Waals surface area contributed by atoms with Gasteiger partial charge in [-0.3, -0.25) is 0 Å². The second-order valence-corrected chi connectivity index (χ2v) is 3.28. The van der Waals surface area contributed by atoms with E-state index in [4.69, 9.17) is 0 Å². The average molecular weight is 187 g/mol. The lowest BCUT2D eigenvalue weighted by Gasteiger charge is -1.88. The molecule has 0 atom stereocenters. The van der Waals surface area contributed by atoms with E-state index in [1.165, 1.54) is 11.3 Å². The summed E-state index contributed by atoms with van der Waals surface area (Å²) in [5.41, 5.74) is 3.86. The third-order valence-corrected chi connectivity index (χ3v) is 2.16. The van der Waals surface area contributed by atoms with Crippen LogP contribution in [0.3, 0.4) is 0 Å². The fraction of sp³-hybridized carbons (Fsp3) is 0. The van der Waals surface area contributed by atoms with Crippen molar-refractivity contribution in [1.82, 2.24) is 10.2 Å². The Labute approximate surface area is 80.6 Å². The molecule has 1 aromatic carbocycles. The Morgan fingerprint density at radius 2 is 2.00 bits per heavy atom. The van der Waals surface area contributed by atoms with Crippen molar-refractivity contribution in [1.29, 1.82) is 0 Å². The highest BCUT2D eigenvalue weighted by Crippen LogP contribution is 2.07. The van der Waals surface area contributed by atoms with E-state index in [0.717, 1.165) is 10.6 Å². The normalized spacial score (nSPS) is 10.8. The zero-order chi connectivity index (χ0) is 8.93. The summed E-state index contributed by atoms with van der Waals surface area (Å²) in [6, 6.07) is 10.1. The summed E-state index contributed by atoms with van der Waals surface area (Å²) in [4.78, 5) is 0. The molecule has 0 amide bonds. The Hall–Kier alpha value is -1.48. The van der Waals surface area contributed by atoms with Crippen LogP contribution in [0.4, 0.5) is 0 Å². The van der Waals surface area contributed by atoms with Crippen LogP contribution in [0.5, 0.6) is 0 Å². The van der Waals surface area contributed by atoms with Gasteiger partial charge in [0.2, 0.25) is 0 Å². The van der Waals surface area contributed by atoms with Gasteiger partial charge >= 0.3 is 0 Å². The summed E-state index contributed by atoms with van der Waals surface area (Å²) in [5.74, 6) is 0. The summed E-state index contributed by atoms with van der Waals surface area (Å²) >= 11 is 1.41. The van der Waals surface area contributed by atoms with Crippen LogP contribution in [-0.2, 0) is 0 Å². The molecule has 0 unspecified atom stereocenters. The minimum Gasteiger partial charge on any atom is -0.138 e. The Morgan fingerprint density at radius 3 is 2.69 bits per heavy atom. The molecule has 1 radical (unpaired) electrons. The minimum absolute atomic E-state index is 0.879. The molecule has 0 N–H and O–H groups in total. The smallest absolute Gasteiger partial charge is 0.138 e. The molecule has 2 nitrogen and oxygen atoms in total. The molecule has 0 saturated heterocycles. The fourth-order valence-electron chi connectivity index (χ4n) is 0.956. The molecule has 1 aromatic heterocycles. The summed E-state index contributed by atoms with van der Waals surface area (Å²) < 4.78 is 0. The van der Waals surface area contributed by atoms with E-state index in [9.17, 15) is 0 Å². The van der Waals surface area contributed by atoms with Gasteiger partial charge in [0.25, 0.3) is 0 Å². The first-order chi connectivity index (χ1) is 6.45. The van der Waals surface area contributed by atoms with Gasteiger partial charge in [-0.1, -0.05) is 47.7 Å². The lowest BCUT2D eigenvalue weighted by atomic mass is 10.2. The van der Waals surface area contributed by atoms with Crippen molar-refractivity contribution in [2.75, 3.05) is 0 Å². The first kappa shape index (κ1) is 8.13. The van der Waals surface area contributed by atoms with Gasteiger partial charge in [-0.25, -0.2) is 0 Å². The zero-order valence-electron chi connectivity index (χ0n) is 6.84. The highest BCUT2D eigenvalue weighted by molar-refractivity contribution is 7.09. The van der Waals surface area contributed by atoms with Crippen LogP contribution in [-0.4, -0.2) is 10.2 Å². The number of benzene rings is 1. The van der Waals surface area contributed by atoms with Gasteiger partial charge in [0, 0.05) is 0 Å². The molecule has 2 aromatic rings. The maximum atomic E-state index is 3.86. The molecular weight excluding hydrogens is 180 g/mol. The van der Waals surface area contributed by atoms with Crippen molar-refractivity contribution in [2.45, 2.75) is 0 Å². The molecule has 0 aliphatic rings. The van der Waals surface area contributed by atoms with Crippen molar-refractivity contribution in [2.24, 2.45) is 0 Å². The molecular formula is C10H7N2S. The summed E-state index contributed by atoms with van der Waals surface area (Å²) in [6.45, 7) is 0. The van der Waals surface area contributed by atoms with E-state index >= 15 is 0 Å². The Kier molecular flexibility index (Phi) is 2.48. The monoisotopic (exact) mass is 187 g/mol. The number of nitrogens with zero attached hydrogens (tertiary/aromatic N) is 2. The standard InChI is InChI=1S/C10H7N2S/c1-2-4-9(5-3-1)6-7-10-12-11-8-13-10/h1-7H. The van der Waals surface area contributed by atoms with E-state index < -0.39 is 0 Å². The van der Waals surface area contributed by atoms with E-state index in [1.54, 1.807) is 0 Å². The quantitative estimate of drug-likeness (QED) is 0.722. The van der Waals surface area contributed by atoms with Crippen molar-refractivity contribution < 1.29 is 0 Å². The van der Waals surface area contributed by atoms with Gasteiger partial charge < -0.3 is 0 Å². The SMILES string of the molecule is [c]1nnc(C=Cc2ccccc2)s1. The molecule has 0 spiro atoms. The lowest BCUT2D eigenvalue weighted by molar-refractivity contribution is 1.07. The number of rotatable bonds is 2. The fourth-order valence-corrected chi connectivity index (χ4v) is 1.35. The molecule has 0 saturated carbocycles. The average Bonchev–Trinajstić information content (AvgIpc) is 2.69. The summed E-state index contributed by atoms with van der Waals surface area (Å²) in [6.07, 6.45) is 3.94. The van der Waals surface area contributed by atoms with Crippen LogP contribution in [0.15, 0.2) is 30.3 Å². The maximum Gasteiger partial charge on any atom is 0.178 e. The molecule has 3 heteroatoms. The number of hydrogen-bond acceptors (Lipinski definition) is 3. The Balaban J connectivity index is 2.15. The van der Waals surface area contributed by atoms with Crippen LogP contribution >= 0.6 is 11.3 Å². The Bertz CT molecular complexity index is 379. The van der Waals surface area contributed by atoms with E-state index in [0.29, 0.717) is 0 Å². The van der Waals surface area contributed by atoms with Gasteiger partial charge in [0.15, 0.2) is 5.51 Å². The first-order valence-corrected chi connectivity index (χ1v) is 4.69. The molecule has 0 aliphatic carbocycles. The third-order valence-electron chi connectivity index (χ3n) is 1.56.